The Bertz CT molecular complexity index is 396. The largest absolute Gasteiger partial charge is 0.316 e. The number of rotatable bonds is 6. The van der Waals surface area contributed by atoms with E-state index in [2.05, 4.69) is 52.1 Å². The van der Waals surface area contributed by atoms with E-state index in [1.165, 1.54) is 22.3 Å². The van der Waals surface area contributed by atoms with Gasteiger partial charge in [-0.05, 0) is 56.0 Å². The van der Waals surface area contributed by atoms with Crippen molar-refractivity contribution < 1.29 is 0 Å². The van der Waals surface area contributed by atoms with Crippen LogP contribution in [-0.2, 0) is 5.41 Å². The fourth-order valence-corrected chi connectivity index (χ4v) is 2.51. The molecule has 102 valence electrons. The highest BCUT2D eigenvalue weighted by Gasteiger charge is 2.22. The zero-order valence-electron chi connectivity index (χ0n) is 12.4. The summed E-state index contributed by atoms with van der Waals surface area (Å²) in [4.78, 5) is 0. The van der Waals surface area contributed by atoms with E-state index in [1.54, 1.807) is 0 Å². The smallest absolute Gasteiger partial charge is 0.0235 e. The van der Waals surface area contributed by atoms with Crippen molar-refractivity contribution in [1.82, 2.24) is 5.32 Å². The first-order valence-corrected chi connectivity index (χ1v) is 7.27. The van der Waals surface area contributed by atoms with Gasteiger partial charge in [0, 0.05) is 17.8 Å². The van der Waals surface area contributed by atoms with Crippen LogP contribution >= 0.6 is 11.6 Å². The van der Waals surface area contributed by atoms with E-state index in [0.29, 0.717) is 0 Å². The first-order valence-electron chi connectivity index (χ1n) is 6.74. The summed E-state index contributed by atoms with van der Waals surface area (Å²) in [5.41, 5.74) is 5.83. The van der Waals surface area contributed by atoms with Crippen LogP contribution in [0.1, 0.15) is 42.5 Å². The molecule has 0 aliphatic heterocycles. The van der Waals surface area contributed by atoms with Crippen LogP contribution in [0.3, 0.4) is 0 Å². The number of aryl methyl sites for hydroxylation is 1. The summed E-state index contributed by atoms with van der Waals surface area (Å²) in [5.74, 6) is 0.732. The molecule has 0 spiro atoms. The zero-order valence-corrected chi connectivity index (χ0v) is 13.1. The van der Waals surface area contributed by atoms with Crippen LogP contribution in [0.4, 0.5) is 0 Å². The Balaban J connectivity index is 2.81. The fraction of sp³-hybridized carbons (Fsp3) is 0.625. The topological polar surface area (TPSA) is 12.0 Å². The lowest BCUT2D eigenvalue weighted by Crippen LogP contribution is -2.34. The van der Waals surface area contributed by atoms with Crippen molar-refractivity contribution in [2.24, 2.45) is 0 Å². The van der Waals surface area contributed by atoms with E-state index in [1.807, 2.05) is 0 Å². The Hall–Kier alpha value is -0.530. The fourth-order valence-electron chi connectivity index (χ4n) is 2.38. The molecule has 0 radical (unpaired) electrons. The predicted molar refractivity (Wildman–Crippen MR) is 81.9 cm³/mol. The molecule has 18 heavy (non-hydrogen) atoms. The van der Waals surface area contributed by atoms with Gasteiger partial charge >= 0.3 is 0 Å². The molecule has 1 rings (SSSR count). The molecule has 1 aromatic carbocycles. The lowest BCUT2D eigenvalue weighted by atomic mass is 9.80. The Kier molecular flexibility index (Phi) is 5.68. The standard InChI is InChI=1S/C16H26ClN/c1-12-7-8-15(14(3)13(12)2)16(4,5)11-18-10-6-9-17/h7-8,18H,6,9-11H2,1-5H3. The van der Waals surface area contributed by atoms with Gasteiger partial charge in [0.25, 0.3) is 0 Å². The first kappa shape index (κ1) is 15.5. The molecular weight excluding hydrogens is 242 g/mol. The number of hydrogen-bond donors (Lipinski definition) is 1. The molecule has 1 aromatic rings. The second-order valence-corrected chi connectivity index (χ2v) is 6.16. The van der Waals surface area contributed by atoms with Gasteiger partial charge in [0.2, 0.25) is 0 Å². The van der Waals surface area contributed by atoms with Gasteiger partial charge in [0.05, 0.1) is 0 Å². The molecule has 0 aliphatic rings. The van der Waals surface area contributed by atoms with Crippen LogP contribution in [0.25, 0.3) is 0 Å². The molecule has 0 saturated heterocycles. The van der Waals surface area contributed by atoms with Crippen molar-refractivity contribution >= 4 is 11.6 Å². The van der Waals surface area contributed by atoms with Gasteiger partial charge in [-0.15, -0.1) is 11.6 Å². The quantitative estimate of drug-likeness (QED) is 0.604. The highest BCUT2D eigenvalue weighted by Crippen LogP contribution is 2.28. The highest BCUT2D eigenvalue weighted by atomic mass is 35.5. The summed E-state index contributed by atoms with van der Waals surface area (Å²) in [6, 6.07) is 4.51. The molecule has 1 nitrogen and oxygen atoms in total. The summed E-state index contributed by atoms with van der Waals surface area (Å²) in [7, 11) is 0. The molecule has 0 bridgehead atoms. The van der Waals surface area contributed by atoms with Gasteiger partial charge in [-0.1, -0.05) is 26.0 Å². The van der Waals surface area contributed by atoms with E-state index in [9.17, 15) is 0 Å². The van der Waals surface area contributed by atoms with Crippen molar-refractivity contribution in [3.05, 3.63) is 34.4 Å². The molecule has 0 unspecified atom stereocenters. The predicted octanol–water partition coefficient (Wildman–Crippen LogP) is 4.11. The Morgan fingerprint density at radius 1 is 1.11 bits per heavy atom. The molecule has 0 aromatic heterocycles. The third-order valence-electron chi connectivity index (χ3n) is 3.84. The molecule has 1 N–H and O–H groups in total. The number of halogens is 1. The summed E-state index contributed by atoms with van der Waals surface area (Å²) in [6.07, 6.45) is 1.03. The van der Waals surface area contributed by atoms with Crippen molar-refractivity contribution in [3.8, 4) is 0 Å². The highest BCUT2D eigenvalue weighted by molar-refractivity contribution is 6.17. The van der Waals surface area contributed by atoms with Crippen molar-refractivity contribution in [2.45, 2.75) is 46.5 Å². The minimum Gasteiger partial charge on any atom is -0.316 e. The van der Waals surface area contributed by atoms with Gasteiger partial charge in [-0.25, -0.2) is 0 Å². The van der Waals surface area contributed by atoms with Crippen molar-refractivity contribution in [1.29, 1.82) is 0 Å². The van der Waals surface area contributed by atoms with Gasteiger partial charge in [0.1, 0.15) is 0 Å². The summed E-state index contributed by atoms with van der Waals surface area (Å²) >= 11 is 5.69. The van der Waals surface area contributed by atoms with Crippen LogP contribution < -0.4 is 5.32 Å². The zero-order chi connectivity index (χ0) is 13.8. The maximum absolute atomic E-state index is 5.69. The lowest BCUT2D eigenvalue weighted by molar-refractivity contribution is 0.467. The van der Waals surface area contributed by atoms with Crippen molar-refractivity contribution in [2.75, 3.05) is 19.0 Å². The third kappa shape index (κ3) is 3.73. The molecule has 0 saturated carbocycles. The maximum atomic E-state index is 5.69. The van der Waals surface area contributed by atoms with Gasteiger partial charge < -0.3 is 5.32 Å². The van der Waals surface area contributed by atoms with Crippen LogP contribution in [-0.4, -0.2) is 19.0 Å². The average molecular weight is 268 g/mol. The molecule has 2 heteroatoms. The minimum absolute atomic E-state index is 0.162. The first-order chi connectivity index (χ1) is 8.40. The average Bonchev–Trinajstić information content (AvgIpc) is 2.31. The Morgan fingerprint density at radius 2 is 1.78 bits per heavy atom. The molecule has 0 fully saturated rings. The molecular formula is C16H26ClN. The summed E-state index contributed by atoms with van der Waals surface area (Å²) in [5, 5.41) is 3.50. The maximum Gasteiger partial charge on any atom is 0.0235 e. The normalized spacial score (nSPS) is 11.9. The lowest BCUT2D eigenvalue weighted by Gasteiger charge is -2.29. The van der Waals surface area contributed by atoms with E-state index in [0.717, 1.165) is 25.4 Å². The van der Waals surface area contributed by atoms with Crippen LogP contribution in [0.5, 0.6) is 0 Å². The minimum atomic E-state index is 0.162. The van der Waals surface area contributed by atoms with E-state index in [-0.39, 0.29) is 5.41 Å². The second-order valence-electron chi connectivity index (χ2n) is 5.78. The van der Waals surface area contributed by atoms with Crippen LogP contribution in [0.15, 0.2) is 12.1 Å². The SMILES string of the molecule is Cc1ccc(C(C)(C)CNCCCCl)c(C)c1C. The van der Waals surface area contributed by atoms with E-state index in [4.69, 9.17) is 11.6 Å². The number of benzene rings is 1. The number of alkyl halides is 1. The van der Waals surface area contributed by atoms with E-state index >= 15 is 0 Å². The molecule has 0 heterocycles. The number of nitrogens with one attached hydrogen (secondary N) is 1. The van der Waals surface area contributed by atoms with Crippen molar-refractivity contribution in [3.63, 3.8) is 0 Å². The van der Waals surface area contributed by atoms with Gasteiger partial charge in [0.15, 0.2) is 0 Å². The number of hydrogen-bond acceptors (Lipinski definition) is 1. The summed E-state index contributed by atoms with van der Waals surface area (Å²) < 4.78 is 0. The summed E-state index contributed by atoms with van der Waals surface area (Å²) in [6.45, 7) is 13.2. The monoisotopic (exact) mass is 267 g/mol. The Morgan fingerprint density at radius 3 is 2.39 bits per heavy atom. The third-order valence-corrected chi connectivity index (χ3v) is 4.11. The molecule has 0 amide bonds. The van der Waals surface area contributed by atoms with Gasteiger partial charge in [-0.2, -0.15) is 0 Å². The molecule has 0 atom stereocenters. The second kappa shape index (κ2) is 6.58. The van der Waals surface area contributed by atoms with E-state index < -0.39 is 0 Å². The molecule has 0 aliphatic carbocycles. The van der Waals surface area contributed by atoms with Crippen LogP contribution in [0, 0.1) is 20.8 Å². The Labute approximate surface area is 117 Å². The van der Waals surface area contributed by atoms with Crippen LogP contribution in [0.2, 0.25) is 0 Å². The van der Waals surface area contributed by atoms with Gasteiger partial charge in [-0.3, -0.25) is 0 Å².